The molecule has 0 N–H and O–H groups in total. The zero-order valence-electron chi connectivity index (χ0n) is 27.9. The van der Waals surface area contributed by atoms with Gasteiger partial charge in [0.25, 0.3) is 5.56 Å². The second-order valence-corrected chi connectivity index (χ2v) is 12.1. The normalized spacial score (nSPS) is 14.1. The van der Waals surface area contributed by atoms with Crippen molar-refractivity contribution >= 4 is 41.0 Å². The number of methoxy groups -OCH3 is 2. The van der Waals surface area contributed by atoms with Gasteiger partial charge in [-0.05, 0) is 68.3 Å². The number of hydrogen-bond acceptors (Lipinski definition) is 11. The third kappa shape index (κ3) is 7.68. The fourth-order valence-electron chi connectivity index (χ4n) is 5.26. The van der Waals surface area contributed by atoms with Gasteiger partial charge in [-0.3, -0.25) is 9.36 Å². The van der Waals surface area contributed by atoms with Gasteiger partial charge in [0.2, 0.25) is 0 Å². The summed E-state index contributed by atoms with van der Waals surface area (Å²) >= 11 is 7.74. The molecule has 3 aromatic carbocycles. The Bertz CT molecular complexity index is 2140. The average molecular weight is 725 g/mol. The number of aromatic nitrogens is 1. The fraction of sp³-hybridized carbons (Fsp3) is 0.278. The average Bonchev–Trinajstić information content (AvgIpc) is 3.40. The molecule has 0 aliphatic carbocycles. The van der Waals surface area contributed by atoms with Crippen molar-refractivity contribution in [2.45, 2.75) is 33.4 Å². The highest BCUT2D eigenvalue weighted by Gasteiger charge is 2.34. The molecule has 0 saturated heterocycles. The summed E-state index contributed by atoms with van der Waals surface area (Å²) in [4.78, 5) is 44.3. The number of carbonyl (C=O) groups is 2. The summed E-state index contributed by atoms with van der Waals surface area (Å²) in [6, 6.07) is 13.5. The molecule has 1 aliphatic rings. The molecule has 50 heavy (non-hydrogen) atoms. The van der Waals surface area contributed by atoms with Gasteiger partial charge >= 0.3 is 11.9 Å². The predicted octanol–water partition coefficient (Wildman–Crippen LogP) is 5.13. The number of thiazole rings is 1. The molecule has 0 fully saturated rings. The molecule has 0 amide bonds. The maximum atomic E-state index is 14.2. The van der Waals surface area contributed by atoms with Crippen molar-refractivity contribution in [2.24, 2.45) is 4.99 Å². The largest absolute Gasteiger partial charge is 0.493 e. The Kier molecular flexibility index (Phi) is 11.6. The lowest BCUT2D eigenvalue weighted by atomic mass is 9.95. The Hall–Kier alpha value is -5.14. The molecule has 5 rings (SSSR count). The van der Waals surface area contributed by atoms with Crippen LogP contribution in [0.25, 0.3) is 6.08 Å². The number of allylic oxidation sites excluding steroid dienone is 1. The molecule has 14 heteroatoms. The highest BCUT2D eigenvalue weighted by Crippen LogP contribution is 2.38. The van der Waals surface area contributed by atoms with Crippen LogP contribution in [-0.4, -0.2) is 50.5 Å². The lowest BCUT2D eigenvalue weighted by molar-refractivity contribution is -0.143. The van der Waals surface area contributed by atoms with Gasteiger partial charge in [-0.1, -0.05) is 47.2 Å². The van der Waals surface area contributed by atoms with Crippen LogP contribution < -0.4 is 33.8 Å². The van der Waals surface area contributed by atoms with Crippen LogP contribution in [0.15, 0.2) is 75.7 Å². The van der Waals surface area contributed by atoms with Gasteiger partial charge in [-0.2, -0.15) is 0 Å². The van der Waals surface area contributed by atoms with Crippen LogP contribution in [0.2, 0.25) is 5.02 Å². The SMILES string of the molecule is CCOC(=O)C1=C(C)N=c2s/c(=C\c3cc(Cl)c(OCc4ccccc4F)c(OC)c3)c(=O)n2[C@@H]1c1ccc(OCC(=O)OC)c(OCC)c1. The van der Waals surface area contributed by atoms with E-state index in [0.717, 1.165) is 11.3 Å². The van der Waals surface area contributed by atoms with E-state index in [1.807, 2.05) is 0 Å². The topological polar surface area (TPSA) is 124 Å². The van der Waals surface area contributed by atoms with Crippen LogP contribution in [-0.2, 0) is 25.7 Å². The summed E-state index contributed by atoms with van der Waals surface area (Å²) in [6.07, 6.45) is 1.63. The highest BCUT2D eigenvalue weighted by molar-refractivity contribution is 7.07. The van der Waals surface area contributed by atoms with Crippen molar-refractivity contribution in [1.29, 1.82) is 0 Å². The summed E-state index contributed by atoms with van der Waals surface area (Å²) < 4.78 is 48.8. The minimum atomic E-state index is -0.936. The molecule has 1 atom stereocenters. The quantitative estimate of drug-likeness (QED) is 0.173. The van der Waals surface area contributed by atoms with Crippen molar-refractivity contribution in [3.05, 3.63) is 113 Å². The van der Waals surface area contributed by atoms with Crippen LogP contribution in [0, 0.1) is 5.82 Å². The molecule has 0 unspecified atom stereocenters. The number of halogens is 2. The highest BCUT2D eigenvalue weighted by atomic mass is 35.5. The number of fused-ring (bicyclic) bond motifs is 1. The fourth-order valence-corrected chi connectivity index (χ4v) is 6.59. The molecule has 11 nitrogen and oxygen atoms in total. The molecular formula is C36H34ClFN2O9S. The van der Waals surface area contributed by atoms with Crippen molar-refractivity contribution in [1.82, 2.24) is 4.57 Å². The van der Waals surface area contributed by atoms with Crippen molar-refractivity contribution in [2.75, 3.05) is 34.0 Å². The van der Waals surface area contributed by atoms with E-state index in [0.29, 0.717) is 37.5 Å². The summed E-state index contributed by atoms with van der Waals surface area (Å²) in [5.74, 6) is -0.535. The Morgan fingerprint density at radius 2 is 1.78 bits per heavy atom. The van der Waals surface area contributed by atoms with E-state index in [2.05, 4.69) is 9.73 Å². The molecule has 2 heterocycles. The van der Waals surface area contributed by atoms with E-state index in [4.69, 9.17) is 35.3 Å². The predicted molar refractivity (Wildman–Crippen MR) is 184 cm³/mol. The van der Waals surface area contributed by atoms with Crippen molar-refractivity contribution < 1.29 is 42.4 Å². The van der Waals surface area contributed by atoms with Crippen LogP contribution in [0.5, 0.6) is 23.0 Å². The van der Waals surface area contributed by atoms with Gasteiger partial charge in [0.1, 0.15) is 12.4 Å². The summed E-state index contributed by atoms with van der Waals surface area (Å²) in [5, 5.41) is 0.191. The first-order valence-electron chi connectivity index (χ1n) is 15.5. The number of rotatable bonds is 13. The summed E-state index contributed by atoms with van der Waals surface area (Å²) in [6.45, 7) is 5.13. The molecular weight excluding hydrogens is 691 g/mol. The van der Waals surface area contributed by atoms with Gasteiger partial charge in [0.15, 0.2) is 34.4 Å². The van der Waals surface area contributed by atoms with Crippen molar-refractivity contribution in [3.8, 4) is 23.0 Å². The van der Waals surface area contributed by atoms with Gasteiger partial charge < -0.3 is 28.4 Å². The van der Waals surface area contributed by atoms with Crippen molar-refractivity contribution in [3.63, 3.8) is 0 Å². The molecule has 262 valence electrons. The second kappa shape index (κ2) is 16.0. The molecule has 4 aromatic rings. The monoisotopic (exact) mass is 724 g/mol. The number of nitrogens with zero attached hydrogens (tertiary/aromatic N) is 2. The minimum Gasteiger partial charge on any atom is -0.493 e. The standard InChI is InChI=1S/C36H34ClFN2O9S/c1-6-46-27-17-22(12-13-26(27)48-19-30(41)45-5)32-31(35(43)47-7-2)20(3)39-36-40(32)34(42)29(50-36)16-21-14-24(37)33(28(15-21)44-4)49-18-23-10-8-9-11-25(23)38/h8-17,32H,6-7,18-19H2,1-5H3/b29-16-/t32-/m1/s1. The first-order valence-corrected chi connectivity index (χ1v) is 16.7. The number of hydrogen-bond donors (Lipinski definition) is 0. The van der Waals surface area contributed by atoms with Crippen LogP contribution >= 0.6 is 22.9 Å². The summed E-state index contributed by atoms with van der Waals surface area (Å²) in [7, 11) is 2.70. The molecule has 1 aromatic heterocycles. The van der Waals surface area contributed by atoms with E-state index >= 15 is 0 Å². The maximum absolute atomic E-state index is 14.2. The summed E-state index contributed by atoms with van der Waals surface area (Å²) in [5.41, 5.74) is 1.53. The molecule has 0 bridgehead atoms. The Balaban J connectivity index is 1.59. The van der Waals surface area contributed by atoms with Gasteiger partial charge in [0.05, 0.1) is 54.3 Å². The number of ether oxygens (including phenoxy) is 6. The third-order valence-corrected chi connectivity index (χ3v) is 8.82. The van der Waals surface area contributed by atoms with E-state index in [9.17, 15) is 18.8 Å². The Labute approximate surface area is 295 Å². The lowest BCUT2D eigenvalue weighted by Gasteiger charge is -2.25. The van der Waals surface area contributed by atoms with E-state index in [1.54, 1.807) is 75.4 Å². The Morgan fingerprint density at radius 3 is 2.48 bits per heavy atom. The van der Waals surface area contributed by atoms with E-state index < -0.39 is 29.4 Å². The number of benzene rings is 3. The van der Waals surface area contributed by atoms with Crippen LogP contribution in [0.4, 0.5) is 4.39 Å². The van der Waals surface area contributed by atoms with Gasteiger partial charge in [-0.15, -0.1) is 0 Å². The zero-order chi connectivity index (χ0) is 35.9. The lowest BCUT2D eigenvalue weighted by Crippen LogP contribution is -2.40. The van der Waals surface area contributed by atoms with Gasteiger partial charge in [0, 0.05) is 5.56 Å². The molecule has 0 saturated carbocycles. The molecule has 0 radical (unpaired) electrons. The molecule has 1 aliphatic heterocycles. The third-order valence-electron chi connectivity index (χ3n) is 7.55. The Morgan fingerprint density at radius 1 is 1.00 bits per heavy atom. The van der Waals surface area contributed by atoms with E-state index in [-0.39, 0.29) is 54.3 Å². The minimum absolute atomic E-state index is 0.0771. The number of carbonyl (C=O) groups excluding carboxylic acids is 2. The zero-order valence-corrected chi connectivity index (χ0v) is 29.5. The molecule has 0 spiro atoms. The van der Waals surface area contributed by atoms with E-state index in [1.165, 1.54) is 24.9 Å². The second-order valence-electron chi connectivity index (χ2n) is 10.7. The first kappa shape index (κ1) is 36.1. The smallest absolute Gasteiger partial charge is 0.343 e. The number of esters is 2. The first-order chi connectivity index (χ1) is 24.1. The van der Waals surface area contributed by atoms with Crippen LogP contribution in [0.3, 0.4) is 0 Å². The van der Waals surface area contributed by atoms with Gasteiger partial charge in [-0.25, -0.2) is 19.0 Å². The van der Waals surface area contributed by atoms with Crippen LogP contribution in [0.1, 0.15) is 43.5 Å². The maximum Gasteiger partial charge on any atom is 0.343 e.